The van der Waals surface area contributed by atoms with Gasteiger partial charge >= 0.3 is 5.97 Å². The molecule has 0 radical (unpaired) electrons. The molecule has 6 nitrogen and oxygen atoms in total. The molecule has 0 aromatic heterocycles. The van der Waals surface area contributed by atoms with Crippen molar-refractivity contribution in [2.75, 3.05) is 0 Å². The number of aliphatic carboxylic acids is 1. The Morgan fingerprint density at radius 1 is 1.30 bits per heavy atom. The average Bonchev–Trinajstić information content (AvgIpc) is 2.32. The number of carboxylic acids is 1. The first-order valence-electron chi connectivity index (χ1n) is 6.16. The first kappa shape index (κ1) is 15.7. The summed E-state index contributed by atoms with van der Waals surface area (Å²) in [6.45, 7) is 3.79. The normalized spacial score (nSPS) is 11.7. The van der Waals surface area contributed by atoms with Gasteiger partial charge in [0.15, 0.2) is 0 Å². The maximum Gasteiger partial charge on any atom is 0.326 e. The first-order valence-corrected chi connectivity index (χ1v) is 6.16. The lowest BCUT2D eigenvalue weighted by Gasteiger charge is -2.13. The van der Waals surface area contributed by atoms with E-state index in [1.165, 1.54) is 0 Å². The minimum Gasteiger partial charge on any atom is -0.480 e. The molecule has 0 aliphatic heterocycles. The molecule has 0 saturated heterocycles. The first-order chi connectivity index (χ1) is 9.29. The van der Waals surface area contributed by atoms with Crippen LogP contribution in [0.2, 0.25) is 0 Å². The molecule has 0 aliphatic carbocycles. The molecule has 108 valence electrons. The summed E-state index contributed by atoms with van der Waals surface area (Å²) in [4.78, 5) is 33.5. The molecule has 0 saturated carbocycles. The molecular formula is C14H18N2O4. The van der Waals surface area contributed by atoms with Gasteiger partial charge in [0.05, 0.1) is 12.8 Å². The fraction of sp³-hybridized carbons (Fsp3) is 0.357. The second-order valence-corrected chi connectivity index (χ2v) is 4.74. The Bertz CT molecular complexity index is 540. The zero-order valence-electron chi connectivity index (χ0n) is 11.5. The van der Waals surface area contributed by atoms with Crippen molar-refractivity contribution in [3.05, 3.63) is 34.9 Å². The largest absolute Gasteiger partial charge is 0.480 e. The van der Waals surface area contributed by atoms with E-state index >= 15 is 0 Å². The highest BCUT2D eigenvalue weighted by atomic mass is 16.4. The number of carbonyl (C=O) groups is 3. The monoisotopic (exact) mass is 278 g/mol. The molecule has 1 rings (SSSR count). The van der Waals surface area contributed by atoms with Crippen molar-refractivity contribution in [3.63, 3.8) is 0 Å². The Hall–Kier alpha value is -2.37. The van der Waals surface area contributed by atoms with Gasteiger partial charge in [0.1, 0.15) is 6.04 Å². The smallest absolute Gasteiger partial charge is 0.326 e. The van der Waals surface area contributed by atoms with Gasteiger partial charge in [-0.15, -0.1) is 0 Å². The van der Waals surface area contributed by atoms with Crippen molar-refractivity contribution in [1.29, 1.82) is 0 Å². The number of hydrogen-bond donors (Lipinski definition) is 3. The predicted octanol–water partition coefficient (Wildman–Crippen LogP) is 0.291. The fourth-order valence-corrected chi connectivity index (χ4v) is 1.81. The van der Waals surface area contributed by atoms with Crippen LogP contribution < -0.4 is 11.1 Å². The van der Waals surface area contributed by atoms with Crippen LogP contribution in [0.25, 0.3) is 0 Å². The van der Waals surface area contributed by atoms with Crippen molar-refractivity contribution in [3.8, 4) is 0 Å². The number of benzene rings is 1. The second-order valence-electron chi connectivity index (χ2n) is 4.74. The van der Waals surface area contributed by atoms with Crippen LogP contribution in [0.1, 0.15) is 23.1 Å². The fourth-order valence-electron chi connectivity index (χ4n) is 1.81. The summed E-state index contributed by atoms with van der Waals surface area (Å²) in [5.41, 5.74) is 7.74. The average molecular weight is 278 g/mol. The Morgan fingerprint density at radius 2 is 1.95 bits per heavy atom. The molecule has 20 heavy (non-hydrogen) atoms. The van der Waals surface area contributed by atoms with Crippen molar-refractivity contribution in [1.82, 2.24) is 5.32 Å². The van der Waals surface area contributed by atoms with Crippen molar-refractivity contribution < 1.29 is 19.5 Å². The van der Waals surface area contributed by atoms with Gasteiger partial charge in [-0.25, -0.2) is 4.79 Å². The maximum absolute atomic E-state index is 11.8. The Morgan fingerprint density at radius 3 is 2.50 bits per heavy atom. The molecule has 2 amide bonds. The van der Waals surface area contributed by atoms with E-state index in [-0.39, 0.29) is 6.42 Å². The molecule has 0 bridgehead atoms. The summed E-state index contributed by atoms with van der Waals surface area (Å²) in [7, 11) is 0. The van der Waals surface area contributed by atoms with Crippen molar-refractivity contribution >= 4 is 17.8 Å². The van der Waals surface area contributed by atoms with Crippen LogP contribution in [0.5, 0.6) is 0 Å². The number of hydrogen-bond acceptors (Lipinski definition) is 3. The predicted molar refractivity (Wildman–Crippen MR) is 73.0 cm³/mol. The number of rotatable bonds is 6. The van der Waals surface area contributed by atoms with Gasteiger partial charge in [0.25, 0.3) is 0 Å². The molecule has 4 N–H and O–H groups in total. The number of nitrogens with two attached hydrogens (primary N) is 1. The Kier molecular flexibility index (Phi) is 5.25. The van der Waals surface area contributed by atoms with Crippen LogP contribution in [-0.4, -0.2) is 28.9 Å². The van der Waals surface area contributed by atoms with Crippen LogP contribution in [-0.2, 0) is 20.8 Å². The minimum absolute atomic E-state index is 0.0655. The summed E-state index contributed by atoms with van der Waals surface area (Å²) in [6.07, 6.45) is -0.357. The number of carboxylic acid groups (broad SMARTS) is 1. The number of aryl methyl sites for hydroxylation is 2. The van der Waals surface area contributed by atoms with E-state index in [0.717, 1.165) is 16.7 Å². The van der Waals surface area contributed by atoms with E-state index in [1.54, 1.807) is 0 Å². The van der Waals surface area contributed by atoms with Crippen LogP contribution >= 0.6 is 0 Å². The van der Waals surface area contributed by atoms with Gasteiger partial charge in [-0.2, -0.15) is 0 Å². The molecule has 1 aromatic rings. The molecule has 0 unspecified atom stereocenters. The van der Waals surface area contributed by atoms with E-state index in [2.05, 4.69) is 5.32 Å². The van der Waals surface area contributed by atoms with Gasteiger partial charge in [-0.05, 0) is 25.0 Å². The number of nitrogens with one attached hydrogen (secondary N) is 1. The van der Waals surface area contributed by atoms with E-state index in [9.17, 15) is 14.4 Å². The molecular weight excluding hydrogens is 260 g/mol. The van der Waals surface area contributed by atoms with Gasteiger partial charge in [0, 0.05) is 0 Å². The summed E-state index contributed by atoms with van der Waals surface area (Å²) >= 11 is 0. The number of carbonyl (C=O) groups excluding carboxylic acids is 2. The molecule has 0 fully saturated rings. The molecule has 0 spiro atoms. The lowest BCUT2D eigenvalue weighted by atomic mass is 10.0. The summed E-state index contributed by atoms with van der Waals surface area (Å²) in [5.74, 6) is -2.50. The zero-order chi connectivity index (χ0) is 15.3. The highest BCUT2D eigenvalue weighted by Crippen LogP contribution is 2.11. The molecule has 6 heteroatoms. The number of primary amides is 1. The van der Waals surface area contributed by atoms with Crippen LogP contribution in [0.4, 0.5) is 0 Å². The third-order valence-corrected chi connectivity index (χ3v) is 2.89. The summed E-state index contributed by atoms with van der Waals surface area (Å²) in [6, 6.07) is 4.42. The highest BCUT2D eigenvalue weighted by Gasteiger charge is 2.22. The van der Waals surface area contributed by atoms with E-state index < -0.39 is 30.2 Å². The quantitative estimate of drug-likeness (QED) is 0.694. The van der Waals surface area contributed by atoms with Crippen LogP contribution in [0, 0.1) is 13.8 Å². The van der Waals surface area contributed by atoms with Gasteiger partial charge < -0.3 is 16.2 Å². The Labute approximate surface area is 117 Å². The maximum atomic E-state index is 11.8. The van der Waals surface area contributed by atoms with Gasteiger partial charge in [0.2, 0.25) is 11.8 Å². The van der Waals surface area contributed by atoms with Crippen molar-refractivity contribution in [2.24, 2.45) is 5.73 Å². The molecule has 0 aliphatic rings. The number of amides is 2. The standard InChI is InChI=1S/C14H18N2O4/c1-8-3-4-9(2)10(5-8)6-13(18)16-11(14(19)20)7-12(15)17/h3-5,11H,6-7H2,1-2H3,(H2,15,17)(H,16,18)(H,19,20)/t11-/m0/s1. The van der Waals surface area contributed by atoms with E-state index in [4.69, 9.17) is 10.8 Å². The lowest BCUT2D eigenvalue weighted by Crippen LogP contribution is -2.43. The summed E-state index contributed by atoms with van der Waals surface area (Å²) < 4.78 is 0. The summed E-state index contributed by atoms with van der Waals surface area (Å²) in [5, 5.41) is 11.2. The van der Waals surface area contributed by atoms with Crippen LogP contribution in [0.15, 0.2) is 18.2 Å². The minimum atomic E-state index is -1.29. The van der Waals surface area contributed by atoms with Crippen molar-refractivity contribution in [2.45, 2.75) is 32.7 Å². The molecule has 1 aromatic carbocycles. The lowest BCUT2D eigenvalue weighted by molar-refractivity contribution is -0.143. The Balaban J connectivity index is 2.72. The topological polar surface area (TPSA) is 109 Å². The van der Waals surface area contributed by atoms with E-state index in [0.29, 0.717) is 0 Å². The molecule has 1 atom stereocenters. The molecule has 0 heterocycles. The highest BCUT2D eigenvalue weighted by molar-refractivity contribution is 5.88. The SMILES string of the molecule is Cc1ccc(C)c(CC(=O)N[C@@H](CC(N)=O)C(=O)O)c1. The second kappa shape index (κ2) is 6.70. The van der Waals surface area contributed by atoms with E-state index in [1.807, 2.05) is 32.0 Å². The van der Waals surface area contributed by atoms with Gasteiger partial charge in [-0.3, -0.25) is 9.59 Å². The zero-order valence-corrected chi connectivity index (χ0v) is 11.5. The third kappa shape index (κ3) is 4.72. The van der Waals surface area contributed by atoms with Gasteiger partial charge in [-0.1, -0.05) is 23.8 Å². The third-order valence-electron chi connectivity index (χ3n) is 2.89. The van der Waals surface area contributed by atoms with Crippen LogP contribution in [0.3, 0.4) is 0 Å².